The molecule has 2 aliphatic heterocycles. The Morgan fingerprint density at radius 3 is 2.69 bits per heavy atom. The Hall–Kier alpha value is -4.63. The molecule has 0 spiro atoms. The van der Waals surface area contributed by atoms with Crippen molar-refractivity contribution in [1.82, 2.24) is 46.1 Å². The van der Waals surface area contributed by atoms with Crippen LogP contribution in [0.1, 0.15) is 62.4 Å². The number of amides is 5. The van der Waals surface area contributed by atoms with Crippen LogP contribution in [0.2, 0.25) is 5.02 Å². The van der Waals surface area contributed by atoms with Crippen molar-refractivity contribution < 1.29 is 29.4 Å². The first-order chi connectivity index (χ1) is 26.6. The van der Waals surface area contributed by atoms with Gasteiger partial charge in [-0.05, 0) is 42.9 Å². The minimum Gasteiger partial charge on any atom is -0.389 e. The quantitative estimate of drug-likeness (QED) is 0.0621. The van der Waals surface area contributed by atoms with Crippen molar-refractivity contribution in [2.75, 3.05) is 31.2 Å². The molecule has 292 valence electrons. The van der Waals surface area contributed by atoms with Crippen molar-refractivity contribution in [2.24, 2.45) is 11.3 Å². The van der Waals surface area contributed by atoms with Crippen molar-refractivity contribution in [1.29, 1.82) is 0 Å². The van der Waals surface area contributed by atoms with Crippen molar-refractivity contribution in [3.8, 4) is 11.8 Å². The first kappa shape index (κ1) is 38.6. The van der Waals surface area contributed by atoms with Gasteiger partial charge in [-0.2, -0.15) is 11.8 Å². The van der Waals surface area contributed by atoms with Gasteiger partial charge in [-0.15, -0.1) is 0 Å². The predicted molar refractivity (Wildman–Crippen MR) is 206 cm³/mol. The summed E-state index contributed by atoms with van der Waals surface area (Å²) in [7, 11) is 1.51. The lowest BCUT2D eigenvalue weighted by molar-refractivity contribution is -0.132. The lowest BCUT2D eigenvalue weighted by Gasteiger charge is -2.23. The monoisotopic (exact) mass is 792 g/mol. The number of anilines is 1. The minimum atomic E-state index is -1.24. The van der Waals surface area contributed by atoms with Crippen LogP contribution in [0.3, 0.4) is 0 Å². The summed E-state index contributed by atoms with van der Waals surface area (Å²) >= 11 is 8.05. The van der Waals surface area contributed by atoms with Gasteiger partial charge >= 0.3 is 6.03 Å². The van der Waals surface area contributed by atoms with E-state index in [-0.39, 0.29) is 60.4 Å². The summed E-state index contributed by atoms with van der Waals surface area (Å²) in [5.74, 6) is 6.51. The van der Waals surface area contributed by atoms with Crippen LogP contribution in [0.15, 0.2) is 30.6 Å². The van der Waals surface area contributed by atoms with Gasteiger partial charge < -0.3 is 46.7 Å². The summed E-state index contributed by atoms with van der Waals surface area (Å²) in [5, 5.41) is 40.5. The van der Waals surface area contributed by atoms with E-state index in [1.165, 1.54) is 13.4 Å². The van der Waals surface area contributed by atoms with E-state index in [1.807, 2.05) is 30.0 Å². The molecule has 0 bridgehead atoms. The maximum absolute atomic E-state index is 12.7. The fourth-order valence-corrected chi connectivity index (χ4v) is 9.86. The number of fused-ring (bicyclic) bond motifs is 3. The first-order valence-corrected chi connectivity index (χ1v) is 20.0. The third-order valence-corrected chi connectivity index (χ3v) is 12.7. The fourth-order valence-electron chi connectivity index (χ4n) is 8.11. The Morgan fingerprint density at radius 2 is 1.91 bits per heavy atom. The zero-order valence-corrected chi connectivity index (χ0v) is 31.9. The third-order valence-electron chi connectivity index (χ3n) is 10.9. The number of nitrogens with one attached hydrogen (secondary N) is 6. The van der Waals surface area contributed by atoms with Crippen molar-refractivity contribution in [3.63, 3.8) is 0 Å². The van der Waals surface area contributed by atoms with Crippen molar-refractivity contribution in [3.05, 3.63) is 47.0 Å². The molecule has 7 rings (SSSR count). The molecule has 3 aromatic rings. The summed E-state index contributed by atoms with van der Waals surface area (Å²) in [4.78, 5) is 62.9. The number of rotatable bonds is 15. The van der Waals surface area contributed by atoms with E-state index in [0.29, 0.717) is 59.7 Å². The molecule has 4 heterocycles. The van der Waals surface area contributed by atoms with Crippen LogP contribution in [0.25, 0.3) is 11.2 Å². The molecule has 2 saturated heterocycles. The zero-order valence-electron chi connectivity index (χ0n) is 30.3. The maximum Gasteiger partial charge on any atom is 0.315 e. The summed E-state index contributed by atoms with van der Waals surface area (Å²) in [6.45, 7) is 0.989. The average molecular weight is 793 g/mol. The van der Waals surface area contributed by atoms with Gasteiger partial charge in [-0.1, -0.05) is 36.1 Å². The SMILES string of the molecule is CNC(=O)[C@]12CC1[C@@H](n1cnc3c(NCc4cccc(Cl)c4)nc(C#CCCC(=O)NCCNC(=O)CCCC[C@@H]4SC[C@@H]5NC(=O)N[C@@H]54)nc31)[C@H](O)[C@@H]2O. The van der Waals surface area contributed by atoms with E-state index in [0.717, 1.165) is 30.6 Å². The van der Waals surface area contributed by atoms with Crippen LogP contribution in [0, 0.1) is 23.2 Å². The second kappa shape index (κ2) is 16.6. The van der Waals surface area contributed by atoms with Crippen LogP contribution < -0.4 is 31.9 Å². The van der Waals surface area contributed by atoms with E-state index >= 15 is 0 Å². The van der Waals surface area contributed by atoms with Crippen LogP contribution in [0.4, 0.5) is 10.6 Å². The van der Waals surface area contributed by atoms with Crippen LogP contribution in [-0.2, 0) is 20.9 Å². The molecule has 2 aliphatic carbocycles. The summed E-state index contributed by atoms with van der Waals surface area (Å²) in [5.41, 5.74) is 0.649. The molecule has 18 heteroatoms. The minimum absolute atomic E-state index is 0.0610. The second-order valence-corrected chi connectivity index (χ2v) is 16.1. The van der Waals surface area contributed by atoms with Gasteiger partial charge in [0.1, 0.15) is 6.10 Å². The Balaban J connectivity index is 0.912. The number of aromatic nitrogens is 4. The maximum atomic E-state index is 12.7. The van der Waals surface area contributed by atoms with Gasteiger partial charge in [0.2, 0.25) is 23.5 Å². The van der Waals surface area contributed by atoms with Crippen molar-refractivity contribution in [2.45, 2.75) is 87.1 Å². The zero-order chi connectivity index (χ0) is 38.7. The molecule has 16 nitrogen and oxygen atoms in total. The number of carbonyl (C=O) groups is 4. The van der Waals surface area contributed by atoms with Gasteiger partial charge in [-0.3, -0.25) is 14.4 Å². The van der Waals surface area contributed by atoms with E-state index < -0.39 is 23.7 Å². The summed E-state index contributed by atoms with van der Waals surface area (Å²) in [6.07, 6.45) is 2.88. The lowest BCUT2D eigenvalue weighted by atomic mass is 9.98. The molecule has 55 heavy (non-hydrogen) atoms. The molecular weight excluding hydrogens is 748 g/mol. The number of hydrogen-bond donors (Lipinski definition) is 8. The lowest BCUT2D eigenvalue weighted by Crippen LogP contribution is -2.41. The number of imidazole rings is 1. The highest BCUT2D eigenvalue weighted by atomic mass is 35.5. The standard InChI is InChI=1S/C37H45ClN10O6S/c1-39-35(53)37-16-22(37)30(31(51)32(37)52)48-19-43-29-33(42-17-20-7-6-8-21(38)15-20)45-25(46-34(29)48)10-3-5-12-27(50)41-14-13-40-26(49)11-4-2-9-24-28-23(18-55-24)44-36(54)47-28/h6-8,15,19,22-24,28,30-32,51-52H,2,4-5,9,11-14,16-18H2,1H3,(H,39,53)(H,40,49)(H,41,50)(H,42,45,46)(H2,44,47,54)/t22?,23-,24-,28-,30+,31-,32-,37+/m0/s1. The Bertz CT molecular complexity index is 2020. The van der Waals surface area contributed by atoms with Crippen LogP contribution in [0.5, 0.6) is 0 Å². The smallest absolute Gasteiger partial charge is 0.315 e. The highest BCUT2D eigenvalue weighted by molar-refractivity contribution is 8.00. The molecule has 1 aromatic carbocycles. The average Bonchev–Trinajstić information content (AvgIpc) is 3.37. The summed E-state index contributed by atoms with van der Waals surface area (Å²) < 4.78 is 1.69. The van der Waals surface area contributed by atoms with E-state index in [1.54, 1.807) is 10.6 Å². The second-order valence-electron chi connectivity index (χ2n) is 14.4. The normalized spacial score (nSPS) is 27.3. The van der Waals surface area contributed by atoms with E-state index in [4.69, 9.17) is 11.6 Å². The van der Waals surface area contributed by atoms with Crippen molar-refractivity contribution >= 4 is 64.1 Å². The molecule has 8 N–H and O–H groups in total. The molecule has 0 radical (unpaired) electrons. The number of nitrogens with zero attached hydrogens (tertiary/aromatic N) is 4. The molecular formula is C37H45ClN10O6S. The Kier molecular flexibility index (Phi) is 11.7. The van der Waals surface area contributed by atoms with Crippen LogP contribution >= 0.6 is 23.4 Å². The number of halogens is 1. The number of thioether (sulfide) groups is 1. The molecule has 2 saturated carbocycles. The third kappa shape index (κ3) is 8.18. The molecule has 4 fully saturated rings. The highest BCUT2D eigenvalue weighted by Gasteiger charge is 2.75. The Labute approximate surface area is 327 Å². The number of urea groups is 1. The van der Waals surface area contributed by atoms with Gasteiger partial charge in [0.05, 0.1) is 36.0 Å². The number of aliphatic hydroxyl groups is 2. The molecule has 1 unspecified atom stereocenters. The van der Waals surface area contributed by atoms with Gasteiger partial charge in [-0.25, -0.2) is 19.7 Å². The predicted octanol–water partition coefficient (Wildman–Crippen LogP) is 1.21. The molecule has 5 amide bonds. The molecule has 4 aliphatic rings. The molecule has 8 atom stereocenters. The highest BCUT2D eigenvalue weighted by Crippen LogP contribution is 2.67. The van der Waals surface area contributed by atoms with E-state index in [9.17, 15) is 29.4 Å². The number of carbonyl (C=O) groups excluding carboxylic acids is 4. The van der Waals surface area contributed by atoms with Gasteiger partial charge in [0.15, 0.2) is 17.0 Å². The largest absolute Gasteiger partial charge is 0.389 e. The van der Waals surface area contributed by atoms with Gasteiger partial charge in [0, 0.05) is 67.9 Å². The van der Waals surface area contributed by atoms with Crippen LogP contribution in [-0.4, -0.2) is 109 Å². The van der Waals surface area contributed by atoms with E-state index in [2.05, 4.69) is 58.7 Å². The number of hydrogen-bond acceptors (Lipinski definition) is 11. The number of aliphatic hydroxyl groups excluding tert-OH is 2. The summed E-state index contributed by atoms with van der Waals surface area (Å²) in [6, 6.07) is 7.00. The topological polar surface area (TPSA) is 225 Å². The number of unbranched alkanes of at least 4 members (excludes halogenated alkanes) is 1. The fraction of sp³-hybridized carbons (Fsp3) is 0.541. The molecule has 2 aromatic heterocycles. The number of benzene rings is 1. The van der Waals surface area contributed by atoms with Gasteiger partial charge in [0.25, 0.3) is 0 Å². The Morgan fingerprint density at radius 1 is 1.11 bits per heavy atom. The first-order valence-electron chi connectivity index (χ1n) is 18.6.